The topological polar surface area (TPSA) is 81.5 Å². The number of carbonyl (C=O) groups excluding carboxylic acids is 1. The summed E-state index contributed by atoms with van der Waals surface area (Å²) in [4.78, 5) is 16.5. The van der Waals surface area contributed by atoms with Crippen LogP contribution in [0.25, 0.3) is 11.1 Å². The fourth-order valence-electron chi connectivity index (χ4n) is 3.00. The zero-order chi connectivity index (χ0) is 19.2. The van der Waals surface area contributed by atoms with Crippen LogP contribution in [0.3, 0.4) is 0 Å². The second-order valence-electron chi connectivity index (χ2n) is 6.21. The third kappa shape index (κ3) is 4.74. The summed E-state index contributed by atoms with van der Waals surface area (Å²) in [6.45, 7) is 0. The predicted octanol–water partition coefficient (Wildman–Crippen LogP) is 4.13. The predicted molar refractivity (Wildman–Crippen MR) is 111 cm³/mol. The number of hydrogen-bond acceptors (Lipinski definition) is 1. The van der Waals surface area contributed by atoms with Crippen molar-refractivity contribution in [3.8, 4) is 11.1 Å². The summed E-state index contributed by atoms with van der Waals surface area (Å²) < 4.78 is 0. The lowest BCUT2D eigenvalue weighted by Gasteiger charge is -2.16. The van der Waals surface area contributed by atoms with Gasteiger partial charge in [-0.05, 0) is 34.7 Å². The lowest BCUT2D eigenvalue weighted by Crippen LogP contribution is -2.26. The molecular formula is C22H20ClN3O. The molecule has 0 spiro atoms. The molecule has 0 fully saturated rings. The second kappa shape index (κ2) is 8.52. The molecule has 0 aliphatic heterocycles. The van der Waals surface area contributed by atoms with Crippen LogP contribution < -0.4 is 11.5 Å². The van der Waals surface area contributed by atoms with E-state index in [1.807, 2.05) is 72.8 Å². The molecule has 0 aliphatic rings. The van der Waals surface area contributed by atoms with E-state index in [2.05, 4.69) is 4.99 Å². The Morgan fingerprint density at radius 1 is 0.889 bits per heavy atom. The maximum Gasteiger partial charge on any atom is 0.256 e. The van der Waals surface area contributed by atoms with Gasteiger partial charge in [-0.25, -0.2) is 0 Å². The van der Waals surface area contributed by atoms with Gasteiger partial charge < -0.3 is 11.5 Å². The first-order valence-electron chi connectivity index (χ1n) is 8.57. The quantitative estimate of drug-likeness (QED) is 0.518. The van der Waals surface area contributed by atoms with Crippen molar-refractivity contribution in [3.05, 3.63) is 95.0 Å². The molecule has 1 atom stereocenters. The highest BCUT2D eigenvalue weighted by Crippen LogP contribution is 2.29. The van der Waals surface area contributed by atoms with Crippen molar-refractivity contribution in [1.29, 1.82) is 0 Å². The van der Waals surface area contributed by atoms with Crippen molar-refractivity contribution in [2.45, 2.75) is 12.3 Å². The first kappa shape index (κ1) is 18.7. The van der Waals surface area contributed by atoms with Gasteiger partial charge in [0.05, 0.1) is 5.92 Å². The van der Waals surface area contributed by atoms with Crippen molar-refractivity contribution in [1.82, 2.24) is 0 Å². The summed E-state index contributed by atoms with van der Waals surface area (Å²) in [7, 11) is 0. The van der Waals surface area contributed by atoms with Gasteiger partial charge in [-0.3, -0.25) is 4.79 Å². The molecule has 0 aliphatic carbocycles. The Morgan fingerprint density at radius 2 is 1.56 bits per heavy atom. The van der Waals surface area contributed by atoms with Crippen molar-refractivity contribution in [2.24, 2.45) is 16.5 Å². The molecule has 0 unspecified atom stereocenters. The van der Waals surface area contributed by atoms with Gasteiger partial charge in [0, 0.05) is 5.02 Å². The highest BCUT2D eigenvalue weighted by Gasteiger charge is 2.22. The third-order valence-corrected chi connectivity index (χ3v) is 4.68. The standard InChI is InChI=1S/C22H20ClN3O/c23-20-12-5-4-9-18(20)14-19(21(27)26-22(24)25)17-11-6-10-16(13-17)15-7-2-1-3-8-15/h1-13,19H,14H2,(H4,24,25,26,27)/t19-/m0/s1. The molecule has 0 radical (unpaired) electrons. The molecule has 0 heterocycles. The summed E-state index contributed by atoms with van der Waals surface area (Å²) in [5.41, 5.74) is 14.7. The molecule has 0 saturated heterocycles. The van der Waals surface area contributed by atoms with Crippen molar-refractivity contribution < 1.29 is 4.79 Å². The van der Waals surface area contributed by atoms with E-state index in [9.17, 15) is 4.79 Å². The minimum absolute atomic E-state index is 0.247. The summed E-state index contributed by atoms with van der Waals surface area (Å²) in [5, 5.41) is 0.610. The molecule has 3 aromatic carbocycles. The minimum Gasteiger partial charge on any atom is -0.370 e. The Labute approximate surface area is 163 Å². The van der Waals surface area contributed by atoms with Crippen LogP contribution in [0.5, 0.6) is 0 Å². The lowest BCUT2D eigenvalue weighted by molar-refractivity contribution is -0.119. The number of benzene rings is 3. The minimum atomic E-state index is -0.532. The number of carbonyl (C=O) groups is 1. The van der Waals surface area contributed by atoms with E-state index in [0.717, 1.165) is 22.3 Å². The highest BCUT2D eigenvalue weighted by molar-refractivity contribution is 6.31. The average molecular weight is 378 g/mol. The van der Waals surface area contributed by atoms with E-state index in [-0.39, 0.29) is 11.9 Å². The van der Waals surface area contributed by atoms with E-state index in [1.165, 1.54) is 0 Å². The fraction of sp³-hybridized carbons (Fsp3) is 0.0909. The Bertz CT molecular complexity index is 966. The molecule has 4 nitrogen and oxygen atoms in total. The fourth-order valence-corrected chi connectivity index (χ4v) is 3.22. The number of rotatable bonds is 5. The van der Waals surface area contributed by atoms with E-state index in [1.54, 1.807) is 6.07 Å². The molecule has 27 heavy (non-hydrogen) atoms. The molecule has 136 valence electrons. The normalized spacial score (nSPS) is 11.6. The maximum atomic E-state index is 12.7. The molecule has 0 bridgehead atoms. The van der Waals surface area contributed by atoms with Gasteiger partial charge in [0.15, 0.2) is 5.96 Å². The van der Waals surface area contributed by atoms with E-state index >= 15 is 0 Å². The van der Waals surface area contributed by atoms with Crippen molar-refractivity contribution in [3.63, 3.8) is 0 Å². The zero-order valence-electron chi connectivity index (χ0n) is 14.7. The Morgan fingerprint density at radius 3 is 2.26 bits per heavy atom. The first-order valence-corrected chi connectivity index (χ1v) is 8.94. The van der Waals surface area contributed by atoms with Gasteiger partial charge in [-0.2, -0.15) is 4.99 Å². The lowest BCUT2D eigenvalue weighted by atomic mass is 9.89. The van der Waals surface area contributed by atoms with Crippen molar-refractivity contribution in [2.75, 3.05) is 0 Å². The van der Waals surface area contributed by atoms with Crippen LogP contribution in [0.2, 0.25) is 5.02 Å². The highest BCUT2D eigenvalue weighted by atomic mass is 35.5. The van der Waals surface area contributed by atoms with Gasteiger partial charge in [0.25, 0.3) is 5.91 Å². The summed E-state index contributed by atoms with van der Waals surface area (Å²) in [6, 6.07) is 25.3. The van der Waals surface area contributed by atoms with E-state index in [4.69, 9.17) is 23.1 Å². The summed E-state index contributed by atoms with van der Waals surface area (Å²) >= 11 is 6.30. The smallest absolute Gasteiger partial charge is 0.256 e. The number of nitrogens with two attached hydrogens (primary N) is 2. The number of amides is 1. The molecule has 0 aromatic heterocycles. The molecule has 3 rings (SSSR count). The largest absolute Gasteiger partial charge is 0.370 e. The number of aliphatic imine (C=N–C) groups is 1. The van der Waals surface area contributed by atoms with Crippen LogP contribution >= 0.6 is 11.6 Å². The Balaban J connectivity index is 2.01. The monoisotopic (exact) mass is 377 g/mol. The molecular weight excluding hydrogens is 358 g/mol. The number of halogens is 1. The second-order valence-corrected chi connectivity index (χ2v) is 6.62. The van der Waals surface area contributed by atoms with Crippen LogP contribution in [0.15, 0.2) is 83.9 Å². The van der Waals surface area contributed by atoms with Crippen LogP contribution in [0, 0.1) is 0 Å². The third-order valence-electron chi connectivity index (χ3n) is 4.32. The van der Waals surface area contributed by atoms with Crippen LogP contribution in [0.1, 0.15) is 17.0 Å². The SMILES string of the molecule is NC(N)=NC(=O)[C@@H](Cc1ccccc1Cl)c1cccc(-c2ccccc2)c1. The van der Waals surface area contributed by atoms with Gasteiger partial charge >= 0.3 is 0 Å². The first-order chi connectivity index (χ1) is 13.0. The molecule has 4 N–H and O–H groups in total. The number of hydrogen-bond donors (Lipinski definition) is 2. The number of guanidine groups is 1. The molecule has 0 saturated carbocycles. The average Bonchev–Trinajstić information content (AvgIpc) is 2.67. The Hall–Kier alpha value is -3.11. The zero-order valence-corrected chi connectivity index (χ0v) is 15.4. The van der Waals surface area contributed by atoms with Crippen LogP contribution in [0.4, 0.5) is 0 Å². The Kier molecular flexibility index (Phi) is 5.89. The van der Waals surface area contributed by atoms with Gasteiger partial charge in [-0.15, -0.1) is 0 Å². The summed E-state index contributed by atoms with van der Waals surface area (Å²) in [6.07, 6.45) is 0.410. The van der Waals surface area contributed by atoms with Gasteiger partial charge in [0.1, 0.15) is 0 Å². The summed E-state index contributed by atoms with van der Waals surface area (Å²) in [5.74, 6) is -1.17. The molecule has 1 amide bonds. The number of nitrogens with zero attached hydrogens (tertiary/aromatic N) is 1. The van der Waals surface area contributed by atoms with Crippen LogP contribution in [-0.2, 0) is 11.2 Å². The van der Waals surface area contributed by atoms with Gasteiger partial charge in [-0.1, -0.05) is 84.4 Å². The van der Waals surface area contributed by atoms with E-state index < -0.39 is 5.92 Å². The molecule has 3 aromatic rings. The maximum absolute atomic E-state index is 12.7. The van der Waals surface area contributed by atoms with Crippen molar-refractivity contribution >= 4 is 23.5 Å². The van der Waals surface area contributed by atoms with Gasteiger partial charge in [0.2, 0.25) is 0 Å². The van der Waals surface area contributed by atoms with E-state index in [0.29, 0.717) is 11.4 Å². The molecule has 5 heteroatoms. The van der Waals surface area contributed by atoms with Crippen LogP contribution in [-0.4, -0.2) is 11.9 Å².